The van der Waals surface area contributed by atoms with Crippen molar-refractivity contribution in [3.05, 3.63) is 21.9 Å². The predicted molar refractivity (Wildman–Crippen MR) is 72.1 cm³/mol. The summed E-state index contributed by atoms with van der Waals surface area (Å²) in [5.74, 6) is 5.65. The van der Waals surface area contributed by atoms with Gasteiger partial charge >= 0.3 is 0 Å². The zero-order chi connectivity index (χ0) is 12.9. The lowest BCUT2D eigenvalue weighted by molar-refractivity contribution is 0.0911. The quantitative estimate of drug-likeness (QED) is 0.806. The van der Waals surface area contributed by atoms with E-state index >= 15 is 0 Å². The molecule has 0 fully saturated rings. The minimum absolute atomic E-state index is 0.0473. The van der Waals surface area contributed by atoms with Crippen molar-refractivity contribution in [2.24, 2.45) is 5.73 Å². The van der Waals surface area contributed by atoms with E-state index in [-0.39, 0.29) is 11.4 Å². The molecule has 0 aliphatic rings. The first-order valence-corrected chi connectivity index (χ1v) is 6.46. The van der Waals surface area contributed by atoms with Crippen LogP contribution in [-0.4, -0.2) is 18.0 Å². The molecule has 1 rings (SSSR count). The van der Waals surface area contributed by atoms with Gasteiger partial charge in [-0.05, 0) is 26.3 Å². The highest BCUT2D eigenvalue weighted by Crippen LogP contribution is 2.15. The highest BCUT2D eigenvalue weighted by atomic mass is 32.1. The molecular formula is C13H18N2OS. The summed E-state index contributed by atoms with van der Waals surface area (Å²) >= 11 is 1.46. The van der Waals surface area contributed by atoms with Crippen LogP contribution in [0.2, 0.25) is 0 Å². The SMILES string of the molecule is CCC(C)(C)NC(=O)c1csc(C#CCN)c1. The maximum Gasteiger partial charge on any atom is 0.252 e. The molecule has 0 bridgehead atoms. The Labute approximate surface area is 106 Å². The van der Waals surface area contributed by atoms with E-state index in [4.69, 9.17) is 5.73 Å². The Hall–Kier alpha value is -1.31. The Balaban J connectivity index is 2.74. The molecule has 0 radical (unpaired) electrons. The number of rotatable bonds is 3. The van der Waals surface area contributed by atoms with Gasteiger partial charge in [0.1, 0.15) is 0 Å². The van der Waals surface area contributed by atoms with Crippen molar-refractivity contribution in [3.63, 3.8) is 0 Å². The summed E-state index contributed by atoms with van der Waals surface area (Å²) in [5, 5.41) is 4.81. The molecule has 0 aromatic carbocycles. The van der Waals surface area contributed by atoms with Crippen molar-refractivity contribution < 1.29 is 4.79 Å². The second-order valence-corrected chi connectivity index (χ2v) is 5.31. The second-order valence-electron chi connectivity index (χ2n) is 4.40. The molecule has 17 heavy (non-hydrogen) atoms. The number of hydrogen-bond acceptors (Lipinski definition) is 3. The number of carbonyl (C=O) groups is 1. The minimum Gasteiger partial charge on any atom is -0.347 e. The van der Waals surface area contributed by atoms with Gasteiger partial charge in [0, 0.05) is 10.9 Å². The maximum absolute atomic E-state index is 11.9. The van der Waals surface area contributed by atoms with Crippen molar-refractivity contribution in [2.75, 3.05) is 6.54 Å². The molecular weight excluding hydrogens is 232 g/mol. The van der Waals surface area contributed by atoms with Crippen LogP contribution < -0.4 is 11.1 Å². The first kappa shape index (κ1) is 13.8. The van der Waals surface area contributed by atoms with Crippen LogP contribution in [0.5, 0.6) is 0 Å². The lowest BCUT2D eigenvalue weighted by Crippen LogP contribution is -2.42. The van der Waals surface area contributed by atoms with Crippen LogP contribution >= 0.6 is 11.3 Å². The third kappa shape index (κ3) is 4.22. The molecule has 3 nitrogen and oxygen atoms in total. The fourth-order valence-electron chi connectivity index (χ4n) is 1.13. The zero-order valence-electron chi connectivity index (χ0n) is 10.5. The molecule has 0 unspecified atom stereocenters. The molecule has 0 aliphatic carbocycles. The fourth-order valence-corrected chi connectivity index (χ4v) is 1.88. The molecule has 1 aromatic rings. The van der Waals surface area contributed by atoms with Crippen molar-refractivity contribution in [1.29, 1.82) is 0 Å². The minimum atomic E-state index is -0.178. The number of thiophene rings is 1. The van der Waals surface area contributed by atoms with Crippen LogP contribution in [0.3, 0.4) is 0 Å². The van der Waals surface area contributed by atoms with Crippen molar-refractivity contribution >= 4 is 17.2 Å². The largest absolute Gasteiger partial charge is 0.347 e. The molecule has 0 spiro atoms. The van der Waals surface area contributed by atoms with Gasteiger partial charge in [-0.2, -0.15) is 0 Å². The normalized spacial score (nSPS) is 10.6. The number of nitrogens with two attached hydrogens (primary N) is 1. The van der Waals surface area contributed by atoms with E-state index in [0.29, 0.717) is 12.1 Å². The van der Waals surface area contributed by atoms with Gasteiger partial charge in [-0.1, -0.05) is 18.8 Å². The topological polar surface area (TPSA) is 55.1 Å². The smallest absolute Gasteiger partial charge is 0.252 e. The van der Waals surface area contributed by atoms with Gasteiger partial charge in [0.25, 0.3) is 5.91 Å². The number of carbonyl (C=O) groups excluding carboxylic acids is 1. The second kappa shape index (κ2) is 5.85. The van der Waals surface area contributed by atoms with Gasteiger partial charge in [0.15, 0.2) is 0 Å². The van der Waals surface area contributed by atoms with Gasteiger partial charge in [0.05, 0.1) is 17.0 Å². The molecule has 0 saturated carbocycles. The van der Waals surface area contributed by atoms with Crippen LogP contribution in [0, 0.1) is 11.8 Å². The Kier molecular flexibility index (Phi) is 4.73. The van der Waals surface area contributed by atoms with E-state index in [1.807, 2.05) is 26.2 Å². The average Bonchev–Trinajstić information content (AvgIpc) is 2.74. The van der Waals surface area contributed by atoms with E-state index in [1.165, 1.54) is 11.3 Å². The van der Waals surface area contributed by atoms with Crippen LogP contribution in [0.25, 0.3) is 0 Å². The molecule has 3 N–H and O–H groups in total. The van der Waals surface area contributed by atoms with E-state index in [0.717, 1.165) is 11.3 Å². The molecule has 1 amide bonds. The van der Waals surface area contributed by atoms with Crippen LogP contribution in [0.15, 0.2) is 11.4 Å². The van der Waals surface area contributed by atoms with E-state index in [2.05, 4.69) is 17.2 Å². The van der Waals surface area contributed by atoms with Crippen molar-refractivity contribution in [1.82, 2.24) is 5.32 Å². The standard InChI is InChI=1S/C13H18N2OS/c1-4-13(2,3)15-12(16)10-8-11(17-9-10)6-5-7-14/h8-9H,4,7,14H2,1-3H3,(H,15,16). The molecule has 92 valence electrons. The Morgan fingerprint density at radius 2 is 2.29 bits per heavy atom. The van der Waals surface area contributed by atoms with Gasteiger partial charge in [-0.25, -0.2) is 0 Å². The fraction of sp³-hybridized carbons (Fsp3) is 0.462. The third-order valence-corrected chi connectivity index (χ3v) is 3.36. The molecule has 0 aliphatic heterocycles. The highest BCUT2D eigenvalue weighted by Gasteiger charge is 2.19. The van der Waals surface area contributed by atoms with Crippen molar-refractivity contribution in [2.45, 2.75) is 32.7 Å². The molecule has 0 atom stereocenters. The maximum atomic E-state index is 11.9. The highest BCUT2D eigenvalue weighted by molar-refractivity contribution is 7.10. The molecule has 4 heteroatoms. The van der Waals surface area contributed by atoms with E-state index in [1.54, 1.807) is 6.07 Å². The number of amides is 1. The van der Waals surface area contributed by atoms with E-state index in [9.17, 15) is 4.79 Å². The summed E-state index contributed by atoms with van der Waals surface area (Å²) in [7, 11) is 0. The Morgan fingerprint density at radius 1 is 1.59 bits per heavy atom. The Morgan fingerprint density at radius 3 is 2.88 bits per heavy atom. The van der Waals surface area contributed by atoms with Crippen molar-refractivity contribution in [3.8, 4) is 11.8 Å². The van der Waals surface area contributed by atoms with Gasteiger partial charge in [-0.15, -0.1) is 11.3 Å². The summed E-state index contributed by atoms with van der Waals surface area (Å²) in [5.41, 5.74) is 5.78. The lowest BCUT2D eigenvalue weighted by Gasteiger charge is -2.24. The number of nitrogens with one attached hydrogen (secondary N) is 1. The van der Waals surface area contributed by atoms with E-state index < -0.39 is 0 Å². The summed E-state index contributed by atoms with van der Waals surface area (Å²) in [6.07, 6.45) is 0.892. The summed E-state index contributed by atoms with van der Waals surface area (Å²) in [6, 6.07) is 1.80. The predicted octanol–water partition coefficient (Wildman–Crippen LogP) is 1.98. The first-order chi connectivity index (χ1) is 7.98. The zero-order valence-corrected chi connectivity index (χ0v) is 11.3. The third-order valence-electron chi connectivity index (χ3n) is 2.51. The average molecular weight is 250 g/mol. The van der Waals surface area contributed by atoms with Crippen LogP contribution in [0.1, 0.15) is 42.4 Å². The van der Waals surface area contributed by atoms with Crippen LogP contribution in [0.4, 0.5) is 0 Å². The van der Waals surface area contributed by atoms with Gasteiger partial charge < -0.3 is 11.1 Å². The monoisotopic (exact) mass is 250 g/mol. The Bertz CT molecular complexity index is 451. The summed E-state index contributed by atoms with van der Waals surface area (Å²) in [4.78, 5) is 12.8. The van der Waals surface area contributed by atoms with Crippen LogP contribution in [-0.2, 0) is 0 Å². The lowest BCUT2D eigenvalue weighted by atomic mass is 10.0. The summed E-state index contributed by atoms with van der Waals surface area (Å²) < 4.78 is 0. The number of hydrogen-bond donors (Lipinski definition) is 2. The molecule has 1 aromatic heterocycles. The van der Waals surface area contributed by atoms with Gasteiger partial charge in [0.2, 0.25) is 0 Å². The first-order valence-electron chi connectivity index (χ1n) is 5.58. The van der Waals surface area contributed by atoms with Gasteiger partial charge in [-0.3, -0.25) is 4.79 Å². The summed E-state index contributed by atoms with van der Waals surface area (Å²) in [6.45, 7) is 6.40. The molecule has 1 heterocycles. The molecule has 0 saturated heterocycles.